The summed E-state index contributed by atoms with van der Waals surface area (Å²) in [5.74, 6) is 0.884. The Hall–Kier alpha value is -0.870. The number of nitrogens with zero attached hydrogens (tertiary/aromatic N) is 3. The third kappa shape index (κ3) is 7.71. The van der Waals surface area contributed by atoms with Crippen molar-refractivity contribution < 1.29 is 9.47 Å². The number of aliphatic imine (C=N–C) groups is 1. The van der Waals surface area contributed by atoms with E-state index in [1.165, 1.54) is 36.9 Å². The molecule has 1 aliphatic rings. The van der Waals surface area contributed by atoms with Crippen LogP contribution < -0.4 is 10.6 Å². The first-order valence-electron chi connectivity index (χ1n) is 10.6. The summed E-state index contributed by atoms with van der Waals surface area (Å²) in [6.45, 7) is 11.0. The number of methoxy groups -OCH3 is 2. The predicted octanol–water partition coefficient (Wildman–Crippen LogP) is 3.42. The molecule has 0 aromatic carbocycles. The SMILES string of the molecule is CCNC(=NCc1c(C)nn(CCOC)c1C)NCC1(CCOC)CCCC1.I. The van der Waals surface area contributed by atoms with Gasteiger partial charge in [0.15, 0.2) is 5.96 Å². The Morgan fingerprint density at radius 2 is 1.83 bits per heavy atom. The van der Waals surface area contributed by atoms with Crippen molar-refractivity contribution in [1.82, 2.24) is 20.4 Å². The van der Waals surface area contributed by atoms with E-state index in [1.807, 2.05) is 4.68 Å². The van der Waals surface area contributed by atoms with Crippen molar-refractivity contribution in [3.63, 3.8) is 0 Å². The molecule has 1 aliphatic carbocycles. The highest BCUT2D eigenvalue weighted by atomic mass is 127. The second kappa shape index (κ2) is 13.4. The van der Waals surface area contributed by atoms with Gasteiger partial charge in [0.05, 0.1) is 25.4 Å². The zero-order valence-corrected chi connectivity index (χ0v) is 21.2. The lowest BCUT2D eigenvalue weighted by Crippen LogP contribution is -2.43. The van der Waals surface area contributed by atoms with E-state index in [2.05, 4.69) is 36.5 Å². The van der Waals surface area contributed by atoms with Crippen molar-refractivity contribution >= 4 is 29.9 Å². The zero-order chi connectivity index (χ0) is 20.4. The number of hydrogen-bond acceptors (Lipinski definition) is 4. The van der Waals surface area contributed by atoms with E-state index < -0.39 is 0 Å². The highest BCUT2D eigenvalue weighted by molar-refractivity contribution is 14.0. The molecule has 1 heterocycles. The number of hydrogen-bond donors (Lipinski definition) is 2. The Kier molecular flexibility index (Phi) is 12.1. The number of halogens is 1. The number of rotatable bonds is 11. The highest BCUT2D eigenvalue weighted by Crippen LogP contribution is 2.40. The van der Waals surface area contributed by atoms with Gasteiger partial charge in [-0.25, -0.2) is 4.99 Å². The van der Waals surface area contributed by atoms with Gasteiger partial charge in [0.1, 0.15) is 0 Å². The minimum atomic E-state index is 0. The van der Waals surface area contributed by atoms with Crippen molar-refractivity contribution in [2.45, 2.75) is 66.0 Å². The quantitative estimate of drug-likeness (QED) is 0.265. The molecule has 0 atom stereocenters. The lowest BCUT2D eigenvalue weighted by Gasteiger charge is -2.30. The third-order valence-electron chi connectivity index (χ3n) is 5.91. The minimum Gasteiger partial charge on any atom is -0.385 e. The van der Waals surface area contributed by atoms with Gasteiger partial charge in [0.25, 0.3) is 0 Å². The first kappa shape index (κ1) is 26.2. The van der Waals surface area contributed by atoms with Gasteiger partial charge in [-0.15, -0.1) is 24.0 Å². The number of aromatic nitrogens is 2. The largest absolute Gasteiger partial charge is 0.385 e. The van der Waals surface area contributed by atoms with E-state index in [4.69, 9.17) is 14.5 Å². The van der Waals surface area contributed by atoms with Crippen LogP contribution in [0.1, 0.15) is 56.0 Å². The fourth-order valence-corrected chi connectivity index (χ4v) is 4.09. The zero-order valence-electron chi connectivity index (χ0n) is 18.8. The van der Waals surface area contributed by atoms with Gasteiger partial charge in [0, 0.05) is 45.2 Å². The molecular weight excluding hydrogens is 481 g/mol. The molecule has 2 N–H and O–H groups in total. The standard InChI is InChI=1S/C21H39N5O2.HI/c1-6-22-20(24-16-21(11-13-27-4)9-7-8-10-21)23-15-19-17(2)25-26(18(19)3)12-14-28-5;/h6-16H2,1-5H3,(H2,22,23,24);1H. The predicted molar refractivity (Wildman–Crippen MR) is 129 cm³/mol. The first-order valence-corrected chi connectivity index (χ1v) is 10.6. The summed E-state index contributed by atoms with van der Waals surface area (Å²) in [5.41, 5.74) is 3.74. The molecule has 0 saturated heterocycles. The van der Waals surface area contributed by atoms with Gasteiger partial charge in [-0.1, -0.05) is 12.8 Å². The molecular formula is C21H40IN5O2. The van der Waals surface area contributed by atoms with Crippen molar-refractivity contribution in [3.05, 3.63) is 17.0 Å². The molecule has 0 aliphatic heterocycles. The molecule has 168 valence electrons. The van der Waals surface area contributed by atoms with E-state index in [1.54, 1.807) is 14.2 Å². The third-order valence-corrected chi connectivity index (χ3v) is 5.91. The normalized spacial score (nSPS) is 16.0. The number of ether oxygens (including phenoxy) is 2. The van der Waals surface area contributed by atoms with Crippen LogP contribution in [-0.4, -0.2) is 56.3 Å². The Morgan fingerprint density at radius 3 is 2.45 bits per heavy atom. The summed E-state index contributed by atoms with van der Waals surface area (Å²) < 4.78 is 12.6. The van der Waals surface area contributed by atoms with Crippen LogP contribution in [0.2, 0.25) is 0 Å². The Labute approximate surface area is 193 Å². The molecule has 1 saturated carbocycles. The summed E-state index contributed by atoms with van der Waals surface area (Å²) in [7, 11) is 3.51. The maximum atomic E-state index is 5.35. The summed E-state index contributed by atoms with van der Waals surface area (Å²) >= 11 is 0. The van der Waals surface area contributed by atoms with Crippen LogP contribution >= 0.6 is 24.0 Å². The monoisotopic (exact) mass is 521 g/mol. The summed E-state index contributed by atoms with van der Waals surface area (Å²) in [5, 5.41) is 11.6. The fraction of sp³-hybridized carbons (Fsp3) is 0.810. The van der Waals surface area contributed by atoms with E-state index in [9.17, 15) is 0 Å². The van der Waals surface area contributed by atoms with Crippen LogP contribution in [0.5, 0.6) is 0 Å². The molecule has 2 rings (SSSR count). The summed E-state index contributed by atoms with van der Waals surface area (Å²) in [4.78, 5) is 4.85. The molecule has 29 heavy (non-hydrogen) atoms. The lowest BCUT2D eigenvalue weighted by molar-refractivity contribution is 0.138. The summed E-state index contributed by atoms with van der Waals surface area (Å²) in [6.07, 6.45) is 6.29. The Balaban J connectivity index is 0.00000420. The Morgan fingerprint density at radius 1 is 1.14 bits per heavy atom. The van der Waals surface area contributed by atoms with Crippen molar-refractivity contribution in [2.24, 2.45) is 10.4 Å². The van der Waals surface area contributed by atoms with Crippen LogP contribution in [0.3, 0.4) is 0 Å². The number of nitrogens with one attached hydrogen (secondary N) is 2. The van der Waals surface area contributed by atoms with E-state index in [-0.39, 0.29) is 24.0 Å². The van der Waals surface area contributed by atoms with Crippen LogP contribution in [0.4, 0.5) is 0 Å². The maximum Gasteiger partial charge on any atom is 0.191 e. The minimum absolute atomic E-state index is 0. The fourth-order valence-electron chi connectivity index (χ4n) is 4.09. The summed E-state index contributed by atoms with van der Waals surface area (Å²) in [6, 6.07) is 0. The molecule has 1 fully saturated rings. The first-order chi connectivity index (χ1) is 13.5. The molecule has 0 unspecified atom stereocenters. The molecule has 7 nitrogen and oxygen atoms in total. The number of aryl methyl sites for hydroxylation is 1. The number of guanidine groups is 1. The maximum absolute atomic E-state index is 5.35. The molecule has 8 heteroatoms. The van der Waals surface area contributed by atoms with Crippen LogP contribution in [0.25, 0.3) is 0 Å². The van der Waals surface area contributed by atoms with Gasteiger partial charge >= 0.3 is 0 Å². The van der Waals surface area contributed by atoms with Gasteiger partial charge in [-0.2, -0.15) is 5.10 Å². The van der Waals surface area contributed by atoms with Gasteiger partial charge in [-0.3, -0.25) is 4.68 Å². The lowest BCUT2D eigenvalue weighted by atomic mass is 9.83. The van der Waals surface area contributed by atoms with Gasteiger partial charge in [-0.05, 0) is 45.4 Å². The second-order valence-corrected chi connectivity index (χ2v) is 7.86. The van der Waals surface area contributed by atoms with Gasteiger partial charge in [0.2, 0.25) is 0 Å². The van der Waals surface area contributed by atoms with Crippen LogP contribution in [0, 0.1) is 19.3 Å². The van der Waals surface area contributed by atoms with Crippen molar-refractivity contribution in [1.29, 1.82) is 0 Å². The van der Waals surface area contributed by atoms with Crippen molar-refractivity contribution in [3.8, 4) is 0 Å². The molecule has 0 radical (unpaired) electrons. The molecule has 0 spiro atoms. The van der Waals surface area contributed by atoms with Crippen LogP contribution in [0.15, 0.2) is 4.99 Å². The molecule has 1 aromatic heterocycles. The topological polar surface area (TPSA) is 72.7 Å². The second-order valence-electron chi connectivity index (χ2n) is 7.86. The molecule has 1 aromatic rings. The van der Waals surface area contributed by atoms with Crippen LogP contribution in [-0.2, 0) is 22.6 Å². The smallest absolute Gasteiger partial charge is 0.191 e. The average molecular weight is 521 g/mol. The molecule has 0 amide bonds. The highest BCUT2D eigenvalue weighted by Gasteiger charge is 2.33. The van der Waals surface area contributed by atoms with E-state index in [0.717, 1.165) is 44.3 Å². The van der Waals surface area contributed by atoms with Gasteiger partial charge < -0.3 is 20.1 Å². The average Bonchev–Trinajstić information content (AvgIpc) is 3.26. The van der Waals surface area contributed by atoms with E-state index in [0.29, 0.717) is 18.6 Å². The Bertz CT molecular complexity index is 627. The van der Waals surface area contributed by atoms with E-state index >= 15 is 0 Å². The molecule has 0 bridgehead atoms. The van der Waals surface area contributed by atoms with Crippen molar-refractivity contribution in [2.75, 3.05) is 40.5 Å².